The van der Waals surface area contributed by atoms with Gasteiger partial charge in [-0.15, -0.1) is 0 Å². The summed E-state index contributed by atoms with van der Waals surface area (Å²) in [6.45, 7) is 4.75. The zero-order chi connectivity index (χ0) is 69.0. The maximum Gasteiger partial charge on any atom is 0.361 e. The monoisotopic (exact) mass is 1320 g/mol. The third-order valence-electron chi connectivity index (χ3n) is 16.3. The number of quaternary nitrogens is 1. The summed E-state index contributed by atoms with van der Waals surface area (Å²) < 4.78 is 23.0. The van der Waals surface area contributed by atoms with E-state index in [0.29, 0.717) is 23.9 Å². The van der Waals surface area contributed by atoms with Crippen molar-refractivity contribution in [3.8, 4) is 0 Å². The lowest BCUT2D eigenvalue weighted by Crippen LogP contribution is -2.40. The molecule has 0 amide bonds. The van der Waals surface area contributed by atoms with E-state index in [-0.39, 0.29) is 32.2 Å². The summed E-state index contributed by atoms with van der Waals surface area (Å²) in [4.78, 5) is 37.7. The van der Waals surface area contributed by atoms with Crippen molar-refractivity contribution in [1.82, 2.24) is 0 Å². The van der Waals surface area contributed by atoms with Crippen molar-refractivity contribution in [2.24, 2.45) is 0 Å². The van der Waals surface area contributed by atoms with Crippen molar-refractivity contribution in [2.75, 3.05) is 47.5 Å². The molecule has 0 spiro atoms. The van der Waals surface area contributed by atoms with E-state index in [2.05, 4.69) is 172 Å². The number of rotatable bonds is 70. The van der Waals surface area contributed by atoms with Crippen LogP contribution >= 0.6 is 0 Å². The van der Waals surface area contributed by atoms with Crippen molar-refractivity contribution >= 4 is 17.9 Å². The van der Waals surface area contributed by atoms with Crippen molar-refractivity contribution in [3.63, 3.8) is 0 Å². The summed E-state index contributed by atoms with van der Waals surface area (Å²) >= 11 is 0. The number of allylic oxidation sites excluding steroid dienone is 26. The van der Waals surface area contributed by atoms with Crippen LogP contribution in [0.5, 0.6) is 0 Å². The Morgan fingerprint density at radius 3 is 0.905 bits per heavy atom. The van der Waals surface area contributed by atoms with Gasteiger partial charge < -0.3 is 28.5 Å². The minimum Gasteiger partial charge on any atom is -0.477 e. The summed E-state index contributed by atoms with van der Waals surface area (Å²) in [7, 11) is 5.97. The second-order valence-corrected chi connectivity index (χ2v) is 26.6. The van der Waals surface area contributed by atoms with Gasteiger partial charge in [-0.2, -0.15) is 0 Å². The van der Waals surface area contributed by atoms with Crippen LogP contribution in [-0.4, -0.2) is 87.4 Å². The van der Waals surface area contributed by atoms with E-state index in [1.54, 1.807) is 0 Å². The van der Waals surface area contributed by atoms with Crippen LogP contribution in [0.15, 0.2) is 158 Å². The van der Waals surface area contributed by atoms with Crippen molar-refractivity contribution in [2.45, 2.75) is 322 Å². The zero-order valence-electron chi connectivity index (χ0n) is 61.8. The molecule has 0 fully saturated rings. The van der Waals surface area contributed by atoms with Gasteiger partial charge in [0.1, 0.15) is 13.2 Å². The molecule has 0 heterocycles. The van der Waals surface area contributed by atoms with Gasteiger partial charge in [0.25, 0.3) is 6.29 Å². The third kappa shape index (κ3) is 76.1. The quantitative estimate of drug-likeness (QED) is 0.0211. The largest absolute Gasteiger partial charge is 0.477 e. The fourth-order valence-corrected chi connectivity index (χ4v) is 10.4. The Balaban J connectivity index is 4.18. The summed E-state index contributed by atoms with van der Waals surface area (Å²) in [5.41, 5.74) is 0. The number of carboxylic acid groups (broad SMARTS) is 1. The lowest BCUT2D eigenvalue weighted by Gasteiger charge is -2.25. The smallest absolute Gasteiger partial charge is 0.361 e. The van der Waals surface area contributed by atoms with E-state index in [0.717, 1.165) is 122 Å². The van der Waals surface area contributed by atoms with Crippen LogP contribution in [0.4, 0.5) is 0 Å². The van der Waals surface area contributed by atoms with Crippen LogP contribution < -0.4 is 0 Å². The molecule has 0 bridgehead atoms. The fourth-order valence-electron chi connectivity index (χ4n) is 10.4. The number of carboxylic acids is 1. The molecule has 0 saturated heterocycles. The standard InChI is InChI=1S/C86H143NO8/c1-6-8-10-12-14-16-18-20-22-24-26-28-30-32-34-36-37-38-39-40-41-42-43-44-45-46-47-49-51-53-55-57-59-61-63-65-67-69-71-73-75-77-84(89)95-82(81-94-86(85(90)91)92-79-78-87(3,4)5)80-93-83(88)76-74-72-70-68-66-64-62-60-58-56-54-52-50-48-35-33-31-29-27-25-23-21-19-17-15-13-11-9-7-2/h8,10,14,16,20,22,25-28,32,34,37-38,40-41,43-44,46-47,51,53,57,59,63,65,82,86H,6-7,9,11-13,15,17-19,21,23-24,29-31,33,35-36,39,42,45,48-50,52,54-56,58,60-62,64,66-81H2,1-5H3/p+1/b10-8-,16-14-,22-20-,27-25-,28-26-,34-32-,38-37-,41-40-,44-43-,47-46-,53-51-,59-57-,65-63-. The molecule has 1 N–H and O–H groups in total. The molecule has 0 aliphatic rings. The number of esters is 2. The van der Waals surface area contributed by atoms with Crippen molar-refractivity contribution < 1.29 is 42.9 Å². The number of unbranched alkanes of at least 4 members (excludes halogenated alkanes) is 29. The van der Waals surface area contributed by atoms with Gasteiger partial charge in [-0.3, -0.25) is 9.59 Å². The number of hydrogen-bond donors (Lipinski definition) is 1. The van der Waals surface area contributed by atoms with Gasteiger partial charge in [0.2, 0.25) is 0 Å². The number of nitrogens with zero attached hydrogens (tertiary/aromatic N) is 1. The molecule has 0 aliphatic heterocycles. The number of carbonyl (C=O) groups excluding carboxylic acids is 2. The van der Waals surface area contributed by atoms with Crippen molar-refractivity contribution in [1.29, 1.82) is 0 Å². The molecule has 0 saturated carbocycles. The Kier molecular flexibility index (Phi) is 70.7. The van der Waals surface area contributed by atoms with Crippen LogP contribution in [0.2, 0.25) is 0 Å². The Labute approximate surface area is 584 Å². The van der Waals surface area contributed by atoms with Gasteiger partial charge in [-0.05, 0) is 128 Å². The molecule has 2 unspecified atom stereocenters. The summed E-state index contributed by atoms with van der Waals surface area (Å²) in [5.74, 6) is -2.04. The number of carbonyl (C=O) groups is 3. The molecular weight excluding hydrogens is 1170 g/mol. The van der Waals surface area contributed by atoms with Gasteiger partial charge in [0.05, 0.1) is 34.4 Å². The predicted molar refractivity (Wildman–Crippen MR) is 410 cm³/mol. The SMILES string of the molecule is CC/C=C\C/C=C\C/C=C\C/C=C\C/C=C\C/C=C\C/C=C\C/C=C\C/C=C\C/C=C\C/C=C\C/C=C\CCCCCCC(=O)OC(COC(=O)CCCCCCCCCCCCCCCCCCC/C=C\CCCCCCCCCC)COC(OCC[N+](C)(C)C)C(=O)O. The molecule has 9 heteroatoms. The topological polar surface area (TPSA) is 108 Å². The number of hydrogen-bond acceptors (Lipinski definition) is 7. The zero-order valence-corrected chi connectivity index (χ0v) is 61.8. The Hall–Kier alpha value is -5.09. The number of aliphatic carboxylic acids is 1. The average molecular weight is 1320 g/mol. The Bertz CT molecular complexity index is 2130. The third-order valence-corrected chi connectivity index (χ3v) is 16.3. The van der Waals surface area contributed by atoms with E-state index in [1.165, 1.54) is 154 Å². The highest BCUT2D eigenvalue weighted by molar-refractivity contribution is 5.71. The second kappa shape index (κ2) is 74.7. The van der Waals surface area contributed by atoms with E-state index >= 15 is 0 Å². The van der Waals surface area contributed by atoms with Crippen LogP contribution in [0.25, 0.3) is 0 Å². The highest BCUT2D eigenvalue weighted by atomic mass is 16.7. The van der Waals surface area contributed by atoms with Gasteiger partial charge in [-0.25, -0.2) is 4.79 Å². The average Bonchev–Trinajstić information content (AvgIpc) is 3.54. The molecule has 0 aromatic heterocycles. The maximum absolute atomic E-state index is 13.0. The molecule has 2 atom stereocenters. The number of ether oxygens (including phenoxy) is 4. The maximum atomic E-state index is 13.0. The lowest BCUT2D eigenvalue weighted by molar-refractivity contribution is -0.870. The molecule has 9 nitrogen and oxygen atoms in total. The van der Waals surface area contributed by atoms with Gasteiger partial charge in [0.15, 0.2) is 6.10 Å². The van der Waals surface area contributed by atoms with Gasteiger partial charge in [0, 0.05) is 12.8 Å². The summed E-state index contributed by atoms with van der Waals surface area (Å²) in [6, 6.07) is 0. The first-order chi connectivity index (χ1) is 46.6. The summed E-state index contributed by atoms with van der Waals surface area (Å²) in [5, 5.41) is 9.76. The van der Waals surface area contributed by atoms with E-state index in [1.807, 2.05) is 21.1 Å². The van der Waals surface area contributed by atoms with Crippen molar-refractivity contribution in [3.05, 3.63) is 158 Å². The first-order valence-corrected chi connectivity index (χ1v) is 38.6. The van der Waals surface area contributed by atoms with E-state index in [9.17, 15) is 19.5 Å². The minimum atomic E-state index is -1.53. The van der Waals surface area contributed by atoms with Gasteiger partial charge in [-0.1, -0.05) is 326 Å². The molecular formula is C86H144NO8+. The fraction of sp³-hybridized carbons (Fsp3) is 0.663. The molecule has 0 radical (unpaired) electrons. The Morgan fingerprint density at radius 2 is 0.600 bits per heavy atom. The molecule has 0 aromatic rings. The highest BCUT2D eigenvalue weighted by Crippen LogP contribution is 2.17. The van der Waals surface area contributed by atoms with Gasteiger partial charge >= 0.3 is 17.9 Å². The minimum absolute atomic E-state index is 0.176. The first-order valence-electron chi connectivity index (χ1n) is 38.6. The molecule has 0 aromatic carbocycles. The molecule has 0 aliphatic carbocycles. The lowest BCUT2D eigenvalue weighted by atomic mass is 10.0. The first kappa shape index (κ1) is 89.9. The van der Waals surface area contributed by atoms with E-state index < -0.39 is 24.3 Å². The number of likely N-dealkylation sites (N-methyl/N-ethyl adjacent to an activating group) is 1. The molecule has 95 heavy (non-hydrogen) atoms. The van der Waals surface area contributed by atoms with Crippen LogP contribution in [0, 0.1) is 0 Å². The predicted octanol–water partition coefficient (Wildman–Crippen LogP) is 24.8. The second-order valence-electron chi connectivity index (χ2n) is 26.6. The van der Waals surface area contributed by atoms with Crippen LogP contribution in [-0.2, 0) is 33.3 Å². The summed E-state index contributed by atoms with van der Waals surface area (Å²) in [6.07, 6.45) is 108. The molecule has 0 rings (SSSR count). The van der Waals surface area contributed by atoms with Crippen LogP contribution in [0.1, 0.15) is 309 Å². The molecule has 540 valence electrons. The Morgan fingerprint density at radius 1 is 0.326 bits per heavy atom. The van der Waals surface area contributed by atoms with Crippen LogP contribution in [0.3, 0.4) is 0 Å². The highest BCUT2D eigenvalue weighted by Gasteiger charge is 2.25. The van der Waals surface area contributed by atoms with E-state index in [4.69, 9.17) is 18.9 Å². The normalized spacial score (nSPS) is 13.6.